The number of ether oxygens (including phenoxy) is 2. The maximum Gasteiger partial charge on any atom is 0.341 e. The average Bonchev–Trinajstić information content (AvgIpc) is 2.49. The van der Waals surface area contributed by atoms with Crippen LogP contribution in [0, 0.1) is 4.91 Å². The number of benzene rings is 1. The van der Waals surface area contributed by atoms with Crippen molar-refractivity contribution in [2.75, 3.05) is 24.7 Å². The van der Waals surface area contributed by atoms with Crippen LogP contribution in [0.25, 0.3) is 0 Å². The summed E-state index contributed by atoms with van der Waals surface area (Å²) in [5, 5.41) is 2.28. The number of esters is 2. The highest BCUT2D eigenvalue weighted by molar-refractivity contribution is 8.76. The van der Waals surface area contributed by atoms with Crippen LogP contribution >= 0.6 is 21.6 Å². The molecule has 0 saturated carbocycles. The van der Waals surface area contributed by atoms with E-state index in [9.17, 15) is 14.5 Å². The Hall–Kier alpha value is -1.74. The molecule has 1 rings (SSSR count). The third-order valence-electron chi connectivity index (χ3n) is 2.15. The van der Waals surface area contributed by atoms with E-state index >= 15 is 0 Å². The largest absolute Gasteiger partial charge is 0.461 e. The van der Waals surface area contributed by atoms with Crippen molar-refractivity contribution < 1.29 is 23.9 Å². The van der Waals surface area contributed by atoms with Crippen molar-refractivity contribution in [1.29, 1.82) is 0 Å². The van der Waals surface area contributed by atoms with Gasteiger partial charge in [-0.05, 0) is 12.1 Å². The summed E-state index contributed by atoms with van der Waals surface area (Å²) in [6.45, 7) is 1.73. The first kappa shape index (κ1) is 18.3. The zero-order valence-corrected chi connectivity index (χ0v) is 13.5. The van der Waals surface area contributed by atoms with Gasteiger partial charge in [0.15, 0.2) is 5.34 Å². The highest BCUT2D eigenvalue weighted by atomic mass is 33.1. The molecule has 22 heavy (non-hydrogen) atoms. The molecular weight excluding hydrogens is 330 g/mol. The lowest BCUT2D eigenvalue weighted by atomic mass is 10.2. The summed E-state index contributed by atoms with van der Waals surface area (Å²) in [6, 6.07) is 6.39. The Kier molecular flexibility index (Phi) is 9.08. The fraction of sp³-hybridized carbons (Fsp3) is 0.385. The summed E-state index contributed by atoms with van der Waals surface area (Å²) in [5.74, 6) is 0.330. The van der Waals surface area contributed by atoms with E-state index in [4.69, 9.17) is 9.47 Å². The quantitative estimate of drug-likeness (QED) is 0.160. The molecule has 120 valence electrons. The fourth-order valence-electron chi connectivity index (χ4n) is 1.35. The van der Waals surface area contributed by atoms with Gasteiger partial charge in [-0.3, -0.25) is 4.79 Å². The van der Waals surface area contributed by atoms with Gasteiger partial charge >= 0.3 is 11.9 Å². The van der Waals surface area contributed by atoms with Crippen LogP contribution < -0.4 is 4.74 Å². The van der Waals surface area contributed by atoms with Crippen LogP contribution in [0.3, 0.4) is 0 Å². The number of carbonyl (C=O) groups excluding carboxylic acids is 2. The Morgan fingerprint density at radius 3 is 2.50 bits per heavy atom. The van der Waals surface area contributed by atoms with Crippen molar-refractivity contribution in [1.82, 2.24) is 0 Å². The molecule has 7 nitrogen and oxygen atoms in total. The molecular formula is C13H15NO6S2. The van der Waals surface area contributed by atoms with Gasteiger partial charge in [0, 0.05) is 18.4 Å². The Labute approximate surface area is 135 Å². The van der Waals surface area contributed by atoms with Crippen molar-refractivity contribution >= 4 is 33.5 Å². The molecule has 0 heterocycles. The standard InChI is InChI=1S/C13H15NO6S2/c1-10(15)20-12-5-3-2-4-11(12)13(16)18-6-8-21-22-9-7-19-14-17/h2-5H,6-9H2,1H3. The molecule has 9 heteroatoms. The number of rotatable bonds is 10. The monoisotopic (exact) mass is 345 g/mol. The minimum Gasteiger partial charge on any atom is -0.461 e. The van der Waals surface area contributed by atoms with Crippen LogP contribution in [0.15, 0.2) is 29.6 Å². The van der Waals surface area contributed by atoms with Gasteiger partial charge in [0.1, 0.15) is 24.5 Å². The van der Waals surface area contributed by atoms with E-state index in [0.29, 0.717) is 11.5 Å². The molecule has 0 saturated heterocycles. The molecule has 0 radical (unpaired) electrons. The molecule has 0 N–H and O–H groups in total. The summed E-state index contributed by atoms with van der Waals surface area (Å²) in [4.78, 5) is 36.9. The second-order valence-electron chi connectivity index (χ2n) is 3.78. The third-order valence-corrected chi connectivity index (χ3v) is 4.49. The number of nitrogens with zero attached hydrogens (tertiary/aromatic N) is 1. The van der Waals surface area contributed by atoms with E-state index in [0.717, 1.165) is 0 Å². The summed E-state index contributed by atoms with van der Waals surface area (Å²) >= 11 is 0. The fourth-order valence-corrected chi connectivity index (χ4v) is 3.00. The van der Waals surface area contributed by atoms with Gasteiger partial charge in [-0.25, -0.2) is 4.79 Å². The maximum atomic E-state index is 11.9. The molecule has 1 aromatic carbocycles. The molecule has 0 spiro atoms. The summed E-state index contributed by atoms with van der Waals surface area (Å²) in [7, 11) is 2.97. The molecule has 0 bridgehead atoms. The normalized spacial score (nSPS) is 9.86. The molecule has 0 aliphatic carbocycles. The second kappa shape index (κ2) is 10.9. The van der Waals surface area contributed by atoms with Crippen LogP contribution in [0.4, 0.5) is 0 Å². The molecule has 0 amide bonds. The van der Waals surface area contributed by atoms with E-state index in [2.05, 4.69) is 10.2 Å². The molecule has 0 aromatic heterocycles. The van der Waals surface area contributed by atoms with Crippen molar-refractivity contribution in [3.8, 4) is 5.75 Å². The highest BCUT2D eigenvalue weighted by Gasteiger charge is 2.14. The van der Waals surface area contributed by atoms with Gasteiger partial charge in [-0.15, -0.1) is 4.91 Å². The van der Waals surface area contributed by atoms with Gasteiger partial charge in [0.25, 0.3) is 0 Å². The topological polar surface area (TPSA) is 91.3 Å². The van der Waals surface area contributed by atoms with Crippen LogP contribution in [0.1, 0.15) is 17.3 Å². The Morgan fingerprint density at radius 2 is 1.82 bits per heavy atom. The van der Waals surface area contributed by atoms with Crippen LogP contribution in [0.2, 0.25) is 0 Å². The first-order valence-electron chi connectivity index (χ1n) is 6.28. The minimum atomic E-state index is -0.545. The molecule has 1 aromatic rings. The zero-order chi connectivity index (χ0) is 16.2. The van der Waals surface area contributed by atoms with Crippen molar-refractivity contribution in [3.63, 3.8) is 0 Å². The van der Waals surface area contributed by atoms with Gasteiger partial charge in [-0.2, -0.15) is 0 Å². The molecule has 0 aliphatic rings. The van der Waals surface area contributed by atoms with Crippen molar-refractivity contribution in [2.45, 2.75) is 6.92 Å². The van der Waals surface area contributed by atoms with Crippen LogP contribution in [-0.2, 0) is 14.4 Å². The summed E-state index contributed by atoms with van der Waals surface area (Å²) < 4.78 is 10.1. The Morgan fingerprint density at radius 1 is 1.14 bits per heavy atom. The molecule has 0 atom stereocenters. The van der Waals surface area contributed by atoms with Crippen molar-refractivity contribution in [3.05, 3.63) is 34.7 Å². The van der Waals surface area contributed by atoms with E-state index < -0.39 is 11.9 Å². The Bertz CT molecular complexity index is 511. The molecule has 0 unspecified atom stereocenters. The predicted molar refractivity (Wildman–Crippen MR) is 84.7 cm³/mol. The van der Waals surface area contributed by atoms with E-state index in [1.165, 1.54) is 40.6 Å². The lowest BCUT2D eigenvalue weighted by Gasteiger charge is -2.08. The van der Waals surface area contributed by atoms with E-state index in [1.54, 1.807) is 12.1 Å². The van der Waals surface area contributed by atoms with Crippen molar-refractivity contribution in [2.24, 2.45) is 5.34 Å². The van der Waals surface area contributed by atoms with Crippen LogP contribution in [-0.4, -0.2) is 36.7 Å². The smallest absolute Gasteiger partial charge is 0.341 e. The lowest BCUT2D eigenvalue weighted by molar-refractivity contribution is -0.131. The molecule has 0 aliphatic heterocycles. The second-order valence-corrected chi connectivity index (χ2v) is 6.48. The third kappa shape index (κ3) is 7.32. The van der Waals surface area contributed by atoms with E-state index in [-0.39, 0.29) is 24.5 Å². The number of para-hydroxylation sites is 1. The predicted octanol–water partition coefficient (Wildman–Crippen LogP) is 2.85. The number of hydrogen-bond donors (Lipinski definition) is 0. The maximum absolute atomic E-state index is 11.9. The number of carbonyl (C=O) groups is 2. The summed E-state index contributed by atoms with van der Waals surface area (Å²) in [6.07, 6.45) is 0. The lowest BCUT2D eigenvalue weighted by Crippen LogP contribution is -2.11. The summed E-state index contributed by atoms with van der Waals surface area (Å²) in [5.41, 5.74) is 0.209. The number of hydrogen-bond acceptors (Lipinski definition) is 9. The Balaban J connectivity index is 2.31. The van der Waals surface area contributed by atoms with Crippen LogP contribution in [0.5, 0.6) is 5.75 Å². The first-order valence-corrected chi connectivity index (χ1v) is 8.77. The van der Waals surface area contributed by atoms with Gasteiger partial charge in [-0.1, -0.05) is 33.7 Å². The molecule has 0 fully saturated rings. The SMILES string of the molecule is CC(=O)Oc1ccccc1C(=O)OCCSSCCON=O. The van der Waals surface area contributed by atoms with Gasteiger partial charge in [0.05, 0.1) is 0 Å². The minimum absolute atomic E-state index is 0.181. The van der Waals surface area contributed by atoms with E-state index in [1.807, 2.05) is 0 Å². The average molecular weight is 345 g/mol. The zero-order valence-electron chi connectivity index (χ0n) is 11.9. The van der Waals surface area contributed by atoms with Gasteiger partial charge < -0.3 is 14.3 Å². The highest BCUT2D eigenvalue weighted by Crippen LogP contribution is 2.22. The van der Waals surface area contributed by atoms with Gasteiger partial charge in [0.2, 0.25) is 0 Å². The first-order chi connectivity index (χ1) is 10.6.